The van der Waals surface area contributed by atoms with E-state index in [9.17, 15) is 9.59 Å². The number of amides is 3. The third-order valence-corrected chi connectivity index (χ3v) is 3.27. The highest BCUT2D eigenvalue weighted by Gasteiger charge is 2.32. The van der Waals surface area contributed by atoms with Crippen LogP contribution in [0.25, 0.3) is 0 Å². The van der Waals surface area contributed by atoms with E-state index in [-0.39, 0.29) is 18.1 Å². The molecule has 3 unspecified atom stereocenters. The van der Waals surface area contributed by atoms with Crippen LogP contribution in [0, 0.1) is 0 Å². The van der Waals surface area contributed by atoms with Crippen molar-refractivity contribution in [1.82, 2.24) is 15.5 Å². The largest absolute Gasteiger partial charge is 0.374 e. The molecule has 1 fully saturated rings. The van der Waals surface area contributed by atoms with E-state index >= 15 is 0 Å². The molecule has 0 aromatic carbocycles. The summed E-state index contributed by atoms with van der Waals surface area (Å²) in [6.07, 6.45) is -0.0593. The van der Waals surface area contributed by atoms with Crippen molar-refractivity contribution < 1.29 is 14.3 Å². The molecule has 3 amide bonds. The van der Waals surface area contributed by atoms with Gasteiger partial charge in [-0.3, -0.25) is 15.0 Å². The van der Waals surface area contributed by atoms with Crippen LogP contribution in [0.4, 0.5) is 4.79 Å². The molecule has 0 radical (unpaired) electrons. The molecule has 4 N–H and O–H groups in total. The zero-order chi connectivity index (χ0) is 14.4. The third-order valence-electron chi connectivity index (χ3n) is 3.27. The molecule has 1 aliphatic heterocycles. The van der Waals surface area contributed by atoms with Crippen LogP contribution >= 0.6 is 0 Å². The van der Waals surface area contributed by atoms with Gasteiger partial charge in [0.05, 0.1) is 18.8 Å². The molecule has 0 aliphatic carbocycles. The third kappa shape index (κ3) is 4.45. The van der Waals surface area contributed by atoms with E-state index in [1.54, 1.807) is 13.8 Å². The SMILES string of the molecule is CCNC(=O)NC(=O)C(C)N1CC(CN)OCC1C. The Morgan fingerprint density at radius 2 is 2.21 bits per heavy atom. The van der Waals surface area contributed by atoms with Crippen LogP contribution in [-0.4, -0.2) is 61.3 Å². The number of ether oxygens (including phenoxy) is 1. The van der Waals surface area contributed by atoms with Gasteiger partial charge in [-0.2, -0.15) is 0 Å². The van der Waals surface area contributed by atoms with Crippen LogP contribution in [0.5, 0.6) is 0 Å². The molecular weight excluding hydrogens is 248 g/mol. The average Bonchev–Trinajstić information content (AvgIpc) is 2.38. The maximum atomic E-state index is 12.0. The molecule has 1 rings (SSSR count). The Kier molecular flexibility index (Phi) is 6.20. The number of imide groups is 1. The lowest BCUT2D eigenvalue weighted by atomic mass is 10.1. The highest BCUT2D eigenvalue weighted by Crippen LogP contribution is 2.14. The second kappa shape index (κ2) is 7.42. The van der Waals surface area contributed by atoms with Crippen molar-refractivity contribution in [1.29, 1.82) is 0 Å². The first kappa shape index (κ1) is 15.9. The quantitative estimate of drug-likeness (QED) is 0.627. The number of hydrogen-bond acceptors (Lipinski definition) is 5. The predicted octanol–water partition coefficient (Wildman–Crippen LogP) is -0.731. The summed E-state index contributed by atoms with van der Waals surface area (Å²) >= 11 is 0. The van der Waals surface area contributed by atoms with Crippen LogP contribution in [0.15, 0.2) is 0 Å². The maximum Gasteiger partial charge on any atom is 0.321 e. The molecule has 0 spiro atoms. The average molecular weight is 272 g/mol. The summed E-state index contributed by atoms with van der Waals surface area (Å²) in [6, 6.07) is -0.732. The number of hydrogen-bond donors (Lipinski definition) is 3. The van der Waals surface area contributed by atoms with Crippen molar-refractivity contribution in [3.8, 4) is 0 Å². The van der Waals surface area contributed by atoms with Gasteiger partial charge in [-0.1, -0.05) is 0 Å². The van der Waals surface area contributed by atoms with Crippen LogP contribution < -0.4 is 16.4 Å². The van der Waals surface area contributed by atoms with Crippen molar-refractivity contribution in [2.75, 3.05) is 26.2 Å². The van der Waals surface area contributed by atoms with Crippen molar-refractivity contribution in [2.24, 2.45) is 5.73 Å². The second-order valence-electron chi connectivity index (χ2n) is 4.76. The molecule has 7 nitrogen and oxygen atoms in total. The van der Waals surface area contributed by atoms with E-state index < -0.39 is 12.1 Å². The lowest BCUT2D eigenvalue weighted by Crippen LogP contribution is -2.58. The number of urea groups is 1. The fourth-order valence-corrected chi connectivity index (χ4v) is 2.09. The number of nitrogens with one attached hydrogen (secondary N) is 2. The lowest BCUT2D eigenvalue weighted by molar-refractivity contribution is -0.131. The second-order valence-corrected chi connectivity index (χ2v) is 4.76. The van der Waals surface area contributed by atoms with Crippen LogP contribution in [0.1, 0.15) is 20.8 Å². The van der Waals surface area contributed by atoms with Crippen molar-refractivity contribution in [3.63, 3.8) is 0 Å². The van der Waals surface area contributed by atoms with E-state index in [2.05, 4.69) is 10.6 Å². The van der Waals surface area contributed by atoms with Gasteiger partial charge in [0, 0.05) is 25.7 Å². The molecule has 1 aliphatic rings. The van der Waals surface area contributed by atoms with E-state index in [0.29, 0.717) is 26.2 Å². The smallest absolute Gasteiger partial charge is 0.321 e. The number of nitrogens with two attached hydrogens (primary N) is 1. The molecule has 0 aromatic rings. The first-order chi connectivity index (χ1) is 8.99. The molecule has 7 heteroatoms. The summed E-state index contributed by atoms with van der Waals surface area (Å²) in [7, 11) is 0. The molecule has 3 atom stereocenters. The predicted molar refractivity (Wildman–Crippen MR) is 71.6 cm³/mol. The Morgan fingerprint density at radius 3 is 2.79 bits per heavy atom. The van der Waals surface area contributed by atoms with Crippen LogP contribution in [0.3, 0.4) is 0 Å². The Bertz CT molecular complexity index is 324. The minimum Gasteiger partial charge on any atom is -0.374 e. The Balaban J connectivity index is 2.56. The van der Waals surface area contributed by atoms with E-state index in [1.807, 2.05) is 11.8 Å². The van der Waals surface area contributed by atoms with Gasteiger partial charge in [-0.25, -0.2) is 4.79 Å². The van der Waals surface area contributed by atoms with Gasteiger partial charge >= 0.3 is 6.03 Å². The zero-order valence-corrected chi connectivity index (χ0v) is 11.8. The summed E-state index contributed by atoms with van der Waals surface area (Å²) in [5, 5.41) is 4.86. The maximum absolute atomic E-state index is 12.0. The summed E-state index contributed by atoms with van der Waals surface area (Å²) in [5.41, 5.74) is 5.59. The van der Waals surface area contributed by atoms with Gasteiger partial charge in [0.1, 0.15) is 0 Å². The minimum absolute atomic E-state index is 0.0593. The summed E-state index contributed by atoms with van der Waals surface area (Å²) < 4.78 is 5.54. The van der Waals surface area contributed by atoms with Crippen LogP contribution in [-0.2, 0) is 9.53 Å². The van der Waals surface area contributed by atoms with Gasteiger partial charge < -0.3 is 15.8 Å². The van der Waals surface area contributed by atoms with Gasteiger partial charge in [0.25, 0.3) is 0 Å². The van der Waals surface area contributed by atoms with Crippen LogP contribution in [0.2, 0.25) is 0 Å². The van der Waals surface area contributed by atoms with Crippen molar-refractivity contribution in [3.05, 3.63) is 0 Å². The van der Waals surface area contributed by atoms with E-state index in [1.165, 1.54) is 0 Å². The van der Waals surface area contributed by atoms with Crippen molar-refractivity contribution in [2.45, 2.75) is 39.0 Å². The Morgan fingerprint density at radius 1 is 1.53 bits per heavy atom. The number of carbonyl (C=O) groups excluding carboxylic acids is 2. The fraction of sp³-hybridized carbons (Fsp3) is 0.833. The van der Waals surface area contributed by atoms with E-state index in [0.717, 1.165) is 0 Å². The monoisotopic (exact) mass is 272 g/mol. The molecule has 0 bridgehead atoms. The molecule has 1 heterocycles. The molecular formula is C12H24N4O3. The molecule has 19 heavy (non-hydrogen) atoms. The Labute approximate surface area is 113 Å². The minimum atomic E-state index is -0.462. The van der Waals surface area contributed by atoms with Gasteiger partial charge in [-0.05, 0) is 20.8 Å². The summed E-state index contributed by atoms with van der Waals surface area (Å²) in [5.74, 6) is -0.310. The number of morpholine rings is 1. The number of rotatable bonds is 4. The summed E-state index contributed by atoms with van der Waals surface area (Å²) in [4.78, 5) is 25.3. The zero-order valence-electron chi connectivity index (χ0n) is 11.8. The van der Waals surface area contributed by atoms with Gasteiger partial charge in [0.15, 0.2) is 0 Å². The number of nitrogens with zero attached hydrogens (tertiary/aromatic N) is 1. The standard InChI is InChI=1S/C12H24N4O3/c1-4-14-12(18)15-11(17)9(3)16-6-10(5-13)19-7-8(16)2/h8-10H,4-7,13H2,1-3H3,(H2,14,15,17,18). The fourth-order valence-electron chi connectivity index (χ4n) is 2.09. The highest BCUT2D eigenvalue weighted by atomic mass is 16.5. The highest BCUT2D eigenvalue weighted by molar-refractivity contribution is 5.96. The molecule has 110 valence electrons. The molecule has 1 saturated heterocycles. The lowest BCUT2D eigenvalue weighted by Gasteiger charge is -2.40. The normalized spacial score (nSPS) is 25.7. The van der Waals surface area contributed by atoms with Gasteiger partial charge in [0.2, 0.25) is 5.91 Å². The first-order valence-corrected chi connectivity index (χ1v) is 6.65. The number of carbonyl (C=O) groups is 2. The Hall–Kier alpha value is -1.18. The van der Waals surface area contributed by atoms with E-state index in [4.69, 9.17) is 10.5 Å². The van der Waals surface area contributed by atoms with Crippen molar-refractivity contribution >= 4 is 11.9 Å². The molecule has 0 saturated carbocycles. The van der Waals surface area contributed by atoms with Gasteiger partial charge in [-0.15, -0.1) is 0 Å². The first-order valence-electron chi connectivity index (χ1n) is 6.65. The summed E-state index contributed by atoms with van der Waals surface area (Å²) in [6.45, 7) is 7.61. The topological polar surface area (TPSA) is 96.7 Å². The molecule has 0 aromatic heterocycles.